The van der Waals surface area contributed by atoms with Crippen molar-refractivity contribution in [3.05, 3.63) is 35.9 Å². The Morgan fingerprint density at radius 2 is 1.70 bits per heavy atom. The van der Waals surface area contributed by atoms with Gasteiger partial charge in [-0.05, 0) is 44.7 Å². The summed E-state index contributed by atoms with van der Waals surface area (Å²) in [5, 5.41) is -0.688. The van der Waals surface area contributed by atoms with Crippen molar-refractivity contribution in [2.75, 3.05) is 5.75 Å². The Morgan fingerprint density at radius 1 is 1.11 bits per heavy atom. The second kappa shape index (κ2) is 10.5. The van der Waals surface area contributed by atoms with E-state index < -0.39 is 28.2 Å². The Kier molecular flexibility index (Phi) is 9.05. The number of carbonyl (C=O) groups excluding carboxylic acids is 4. The average Bonchev–Trinajstić information content (AvgIpc) is 2.57. The van der Waals surface area contributed by atoms with Gasteiger partial charge >= 0.3 is 11.3 Å². The fourth-order valence-corrected chi connectivity index (χ4v) is 2.93. The van der Waals surface area contributed by atoms with Crippen LogP contribution in [0.1, 0.15) is 44.5 Å². The summed E-state index contributed by atoms with van der Waals surface area (Å²) in [5.74, 6) is -1.48. The summed E-state index contributed by atoms with van der Waals surface area (Å²) in [6.07, 6.45) is -1.07. The number of rotatable bonds is 9. The van der Waals surface area contributed by atoms with Gasteiger partial charge in [-0.25, -0.2) is 9.59 Å². The van der Waals surface area contributed by atoms with Crippen molar-refractivity contribution in [2.45, 2.75) is 45.2 Å². The Hall–Kier alpha value is -1.80. The molecule has 0 fully saturated rings. The molecule has 8 heteroatoms. The van der Waals surface area contributed by atoms with Crippen molar-refractivity contribution in [1.29, 1.82) is 0 Å². The molecule has 0 saturated carbocycles. The number of carbonyl (C=O) groups is 4. The quantitative estimate of drug-likeness (QED) is 0.373. The Labute approximate surface area is 168 Å². The molecule has 6 nitrogen and oxygen atoms in total. The number of thioether (sulfide) groups is 1. The van der Waals surface area contributed by atoms with E-state index in [0.717, 1.165) is 11.8 Å². The first kappa shape index (κ1) is 23.2. The van der Waals surface area contributed by atoms with Gasteiger partial charge in [-0.3, -0.25) is 9.59 Å². The molecule has 0 radical (unpaired) electrons. The van der Waals surface area contributed by atoms with Crippen LogP contribution >= 0.6 is 24.4 Å². The first-order valence-corrected chi connectivity index (χ1v) is 9.79. The van der Waals surface area contributed by atoms with E-state index in [-0.39, 0.29) is 23.7 Å². The first-order valence-electron chi connectivity index (χ1n) is 8.36. The molecular formula is C19H24O6S2. The van der Waals surface area contributed by atoms with Crippen LogP contribution in [0.5, 0.6) is 0 Å². The van der Waals surface area contributed by atoms with Gasteiger partial charge in [-0.15, -0.1) is 0 Å². The third-order valence-corrected chi connectivity index (χ3v) is 4.79. The summed E-state index contributed by atoms with van der Waals surface area (Å²) in [6, 6.07) is 8.32. The molecule has 0 N–H and O–H groups in total. The minimum atomic E-state index is -1.08. The van der Waals surface area contributed by atoms with E-state index in [9.17, 15) is 19.2 Å². The standard InChI is InChI=1S/C19H24O6S2/c1-12(20)15(10-16(21)19(3,4)26)11-27-18(23)25-13(2)24-17(22)14-8-6-5-7-9-14/h5-9,13,15,26H,10-11H2,1-4H3/t13-,15-/m0/s1. The maximum atomic E-state index is 12.0. The summed E-state index contributed by atoms with van der Waals surface area (Å²) >= 11 is 4.97. The van der Waals surface area contributed by atoms with E-state index in [2.05, 4.69) is 12.6 Å². The van der Waals surface area contributed by atoms with Gasteiger partial charge in [-0.1, -0.05) is 18.2 Å². The molecule has 0 saturated heterocycles. The summed E-state index contributed by atoms with van der Waals surface area (Å²) in [6.45, 7) is 6.11. The minimum absolute atomic E-state index is 0.00462. The van der Waals surface area contributed by atoms with Gasteiger partial charge in [0, 0.05) is 25.0 Å². The Balaban J connectivity index is 2.49. The van der Waals surface area contributed by atoms with Gasteiger partial charge in [0.1, 0.15) is 11.6 Å². The number of ketones is 2. The highest BCUT2D eigenvalue weighted by Crippen LogP contribution is 2.23. The summed E-state index contributed by atoms with van der Waals surface area (Å²) in [4.78, 5) is 47.6. The van der Waals surface area contributed by atoms with Crippen molar-refractivity contribution < 1.29 is 28.7 Å². The zero-order chi connectivity index (χ0) is 20.6. The Morgan fingerprint density at radius 3 is 2.22 bits per heavy atom. The molecular weight excluding hydrogens is 388 g/mol. The fraction of sp³-hybridized carbons (Fsp3) is 0.474. The monoisotopic (exact) mass is 412 g/mol. The third kappa shape index (κ3) is 8.62. The molecule has 0 bridgehead atoms. The van der Waals surface area contributed by atoms with Crippen LogP contribution in [-0.4, -0.2) is 39.6 Å². The first-order chi connectivity index (χ1) is 12.5. The lowest BCUT2D eigenvalue weighted by Crippen LogP contribution is -2.30. The van der Waals surface area contributed by atoms with E-state index >= 15 is 0 Å². The zero-order valence-corrected chi connectivity index (χ0v) is 17.5. The number of thiol groups is 1. The maximum absolute atomic E-state index is 12.0. The van der Waals surface area contributed by atoms with Crippen LogP contribution in [0.3, 0.4) is 0 Å². The molecule has 1 aromatic carbocycles. The van der Waals surface area contributed by atoms with Gasteiger partial charge in [0.15, 0.2) is 0 Å². The fourth-order valence-electron chi connectivity index (χ4n) is 1.95. The van der Waals surface area contributed by atoms with Crippen molar-refractivity contribution in [1.82, 2.24) is 0 Å². The summed E-state index contributed by atoms with van der Waals surface area (Å²) in [7, 11) is 0. The van der Waals surface area contributed by atoms with E-state index in [4.69, 9.17) is 9.47 Å². The van der Waals surface area contributed by atoms with Crippen LogP contribution < -0.4 is 0 Å². The summed E-state index contributed by atoms with van der Waals surface area (Å²) < 4.78 is 9.21. The van der Waals surface area contributed by atoms with E-state index in [1.807, 2.05) is 0 Å². The van der Waals surface area contributed by atoms with Crippen LogP contribution in [0, 0.1) is 5.92 Å². The normalized spacial score (nSPS) is 13.4. The van der Waals surface area contributed by atoms with Crippen molar-refractivity contribution in [3.8, 4) is 0 Å². The average molecular weight is 413 g/mol. The zero-order valence-electron chi connectivity index (χ0n) is 15.8. The van der Waals surface area contributed by atoms with Crippen molar-refractivity contribution >= 4 is 47.2 Å². The van der Waals surface area contributed by atoms with E-state index in [1.165, 1.54) is 13.8 Å². The van der Waals surface area contributed by atoms with Crippen LogP contribution in [-0.2, 0) is 19.1 Å². The molecule has 0 spiro atoms. The maximum Gasteiger partial charge on any atom is 0.370 e. The predicted molar refractivity (Wildman–Crippen MR) is 107 cm³/mol. The molecule has 1 aromatic rings. The topological polar surface area (TPSA) is 86.7 Å². The second-order valence-electron chi connectivity index (χ2n) is 6.51. The van der Waals surface area contributed by atoms with Crippen LogP contribution in [0.15, 0.2) is 30.3 Å². The van der Waals surface area contributed by atoms with Gasteiger partial charge in [-0.2, -0.15) is 12.6 Å². The molecule has 0 amide bonds. The van der Waals surface area contributed by atoms with Gasteiger partial charge in [0.25, 0.3) is 0 Å². The molecule has 0 heterocycles. The summed E-state index contributed by atoms with van der Waals surface area (Å²) in [5.41, 5.74) is 0.345. The SMILES string of the molecule is CC(=O)[C@H](CSC(=O)O[C@@H](C)OC(=O)c1ccccc1)CC(=O)C(C)(C)S. The number of benzene rings is 1. The Bertz CT molecular complexity index is 681. The highest BCUT2D eigenvalue weighted by Gasteiger charge is 2.28. The molecule has 0 aliphatic rings. The molecule has 27 heavy (non-hydrogen) atoms. The lowest BCUT2D eigenvalue weighted by molar-refractivity contribution is -0.126. The number of Topliss-reactive ketones (excluding diaryl/α,β-unsaturated/α-hetero) is 2. The smallest absolute Gasteiger partial charge is 0.370 e. The predicted octanol–water partition coefficient (Wildman–Crippen LogP) is 3.93. The third-order valence-electron chi connectivity index (χ3n) is 3.64. The highest BCUT2D eigenvalue weighted by atomic mass is 32.2. The lowest BCUT2D eigenvalue weighted by Gasteiger charge is -2.19. The van der Waals surface area contributed by atoms with Crippen molar-refractivity contribution in [3.63, 3.8) is 0 Å². The molecule has 1 rings (SSSR count). The van der Waals surface area contributed by atoms with E-state index in [1.54, 1.807) is 44.2 Å². The molecule has 0 aliphatic heterocycles. The molecule has 0 aromatic heterocycles. The molecule has 148 valence electrons. The number of hydrogen-bond donors (Lipinski definition) is 1. The number of ether oxygens (including phenoxy) is 2. The van der Waals surface area contributed by atoms with Crippen LogP contribution in [0.4, 0.5) is 4.79 Å². The molecule has 2 atom stereocenters. The van der Waals surface area contributed by atoms with Crippen LogP contribution in [0.2, 0.25) is 0 Å². The minimum Gasteiger partial charge on any atom is -0.422 e. The largest absolute Gasteiger partial charge is 0.422 e. The van der Waals surface area contributed by atoms with Gasteiger partial charge < -0.3 is 9.47 Å². The lowest BCUT2D eigenvalue weighted by atomic mass is 9.94. The molecule has 0 unspecified atom stereocenters. The molecule has 0 aliphatic carbocycles. The number of esters is 1. The van der Waals surface area contributed by atoms with Crippen LogP contribution in [0.25, 0.3) is 0 Å². The van der Waals surface area contributed by atoms with Gasteiger partial charge in [0.05, 0.1) is 10.3 Å². The van der Waals surface area contributed by atoms with E-state index in [0.29, 0.717) is 5.56 Å². The second-order valence-corrected chi connectivity index (χ2v) is 8.59. The van der Waals surface area contributed by atoms with Crippen molar-refractivity contribution in [2.24, 2.45) is 5.92 Å². The van der Waals surface area contributed by atoms with Gasteiger partial charge in [0.2, 0.25) is 6.29 Å². The highest BCUT2D eigenvalue weighted by molar-refractivity contribution is 8.13. The number of hydrogen-bond acceptors (Lipinski definition) is 8.